The van der Waals surface area contributed by atoms with Crippen molar-refractivity contribution in [2.24, 2.45) is 12.0 Å². The van der Waals surface area contributed by atoms with Crippen molar-refractivity contribution in [3.05, 3.63) is 46.7 Å². The third kappa shape index (κ3) is 4.23. The van der Waals surface area contributed by atoms with E-state index in [2.05, 4.69) is 27.3 Å². The first-order valence-corrected chi connectivity index (χ1v) is 10.6. The Hall–Kier alpha value is -2.38. The fourth-order valence-corrected chi connectivity index (χ4v) is 4.50. The van der Waals surface area contributed by atoms with E-state index in [0.717, 1.165) is 60.8 Å². The van der Waals surface area contributed by atoms with Gasteiger partial charge in [-0.3, -0.25) is 4.99 Å². The van der Waals surface area contributed by atoms with Crippen LogP contribution in [-0.2, 0) is 23.7 Å². The number of aromatic nitrogens is 1. The third-order valence-corrected chi connectivity index (χ3v) is 6.27. The first-order chi connectivity index (χ1) is 14.5. The molecule has 2 aliphatic heterocycles. The third-order valence-electron chi connectivity index (χ3n) is 6.07. The van der Waals surface area contributed by atoms with Crippen molar-refractivity contribution in [1.29, 1.82) is 0 Å². The molecule has 3 heterocycles. The van der Waals surface area contributed by atoms with Gasteiger partial charge in [0.2, 0.25) is 6.79 Å². The Kier molecular flexibility index (Phi) is 6.11. The van der Waals surface area contributed by atoms with Crippen LogP contribution in [0.25, 0.3) is 0 Å². The second kappa shape index (κ2) is 8.78. The Morgan fingerprint density at radius 3 is 2.70 bits per heavy atom. The Balaban J connectivity index is 1.49. The molecule has 0 saturated carbocycles. The van der Waals surface area contributed by atoms with Gasteiger partial charge in [0.15, 0.2) is 17.5 Å². The van der Waals surface area contributed by atoms with Crippen molar-refractivity contribution in [3.63, 3.8) is 0 Å². The molecule has 0 unspecified atom stereocenters. The van der Waals surface area contributed by atoms with E-state index >= 15 is 0 Å². The number of rotatable bonds is 5. The standard InChI is InChI=1S/C22H29ClN4O3/c1-24-21(27(3)13-18-11-17(23)12-26(18)2)25-14-22(6-8-28-9-7-22)16-4-5-19-20(10-16)30-15-29-19/h4-5,10-12H,6-9,13-15H2,1-3H3,(H,24,25). The van der Waals surface area contributed by atoms with Crippen LogP contribution < -0.4 is 14.8 Å². The number of nitrogens with zero attached hydrogens (tertiary/aromatic N) is 3. The van der Waals surface area contributed by atoms with Crippen molar-refractivity contribution in [2.75, 3.05) is 40.6 Å². The number of nitrogens with one attached hydrogen (secondary N) is 1. The normalized spacial score (nSPS) is 17.8. The summed E-state index contributed by atoms with van der Waals surface area (Å²) in [5.41, 5.74) is 2.32. The van der Waals surface area contributed by atoms with E-state index in [4.69, 9.17) is 25.8 Å². The Labute approximate surface area is 182 Å². The number of guanidine groups is 1. The number of hydrogen-bond acceptors (Lipinski definition) is 4. The molecule has 0 bridgehead atoms. The maximum atomic E-state index is 6.14. The second-order valence-electron chi connectivity index (χ2n) is 7.98. The van der Waals surface area contributed by atoms with E-state index < -0.39 is 0 Å². The smallest absolute Gasteiger partial charge is 0.231 e. The molecule has 1 aromatic carbocycles. The van der Waals surface area contributed by atoms with Crippen molar-refractivity contribution >= 4 is 17.6 Å². The zero-order valence-electron chi connectivity index (χ0n) is 17.8. The lowest BCUT2D eigenvalue weighted by molar-refractivity contribution is 0.0511. The molecule has 1 fully saturated rings. The zero-order valence-corrected chi connectivity index (χ0v) is 18.5. The van der Waals surface area contributed by atoms with Gasteiger partial charge in [0, 0.05) is 58.2 Å². The molecule has 0 spiro atoms. The molecule has 2 aliphatic rings. The molecule has 1 N–H and O–H groups in total. The van der Waals surface area contributed by atoms with Crippen LogP contribution in [0.3, 0.4) is 0 Å². The summed E-state index contributed by atoms with van der Waals surface area (Å²) in [7, 11) is 5.85. The molecule has 0 atom stereocenters. The lowest BCUT2D eigenvalue weighted by Crippen LogP contribution is -2.48. The maximum Gasteiger partial charge on any atom is 0.231 e. The van der Waals surface area contributed by atoms with Crippen LogP contribution >= 0.6 is 11.6 Å². The van der Waals surface area contributed by atoms with Crippen LogP contribution in [0, 0.1) is 0 Å². The number of aliphatic imine (C=N–C) groups is 1. The lowest BCUT2D eigenvalue weighted by Gasteiger charge is -2.39. The first-order valence-electron chi connectivity index (χ1n) is 10.2. The molecule has 0 aliphatic carbocycles. The van der Waals surface area contributed by atoms with Crippen LogP contribution in [0.1, 0.15) is 24.1 Å². The van der Waals surface area contributed by atoms with Gasteiger partial charge in [-0.15, -0.1) is 0 Å². The summed E-state index contributed by atoms with van der Waals surface area (Å²) in [4.78, 5) is 6.61. The van der Waals surface area contributed by atoms with E-state index in [1.54, 1.807) is 0 Å². The predicted molar refractivity (Wildman–Crippen MR) is 118 cm³/mol. The molecule has 0 radical (unpaired) electrons. The summed E-state index contributed by atoms with van der Waals surface area (Å²) in [5, 5.41) is 4.34. The fraction of sp³-hybridized carbons (Fsp3) is 0.500. The highest BCUT2D eigenvalue weighted by Gasteiger charge is 2.36. The minimum absolute atomic E-state index is 0.0513. The lowest BCUT2D eigenvalue weighted by atomic mass is 9.74. The summed E-state index contributed by atoms with van der Waals surface area (Å²) < 4.78 is 18.8. The number of fused-ring (bicyclic) bond motifs is 1. The highest BCUT2D eigenvalue weighted by molar-refractivity contribution is 6.30. The van der Waals surface area contributed by atoms with Crippen LogP contribution in [0.5, 0.6) is 11.5 Å². The average Bonchev–Trinajstić information content (AvgIpc) is 3.34. The van der Waals surface area contributed by atoms with Gasteiger partial charge in [-0.05, 0) is 36.6 Å². The van der Waals surface area contributed by atoms with Gasteiger partial charge in [-0.1, -0.05) is 17.7 Å². The Bertz CT molecular complexity index is 921. The van der Waals surface area contributed by atoms with Gasteiger partial charge in [0.25, 0.3) is 0 Å². The first kappa shape index (κ1) is 20.9. The van der Waals surface area contributed by atoms with Crippen LogP contribution in [-0.4, -0.2) is 56.1 Å². The Morgan fingerprint density at radius 2 is 2.00 bits per heavy atom. The maximum absolute atomic E-state index is 6.14. The van der Waals surface area contributed by atoms with E-state index in [0.29, 0.717) is 6.54 Å². The van der Waals surface area contributed by atoms with Crippen LogP contribution in [0.15, 0.2) is 35.5 Å². The predicted octanol–water partition coefficient (Wildman–Crippen LogP) is 3.16. The Morgan fingerprint density at radius 1 is 1.23 bits per heavy atom. The highest BCUT2D eigenvalue weighted by Crippen LogP contribution is 2.40. The van der Waals surface area contributed by atoms with Gasteiger partial charge in [-0.25, -0.2) is 0 Å². The van der Waals surface area contributed by atoms with E-state index in [1.165, 1.54) is 5.56 Å². The topological polar surface area (TPSA) is 60.3 Å². The molecule has 30 heavy (non-hydrogen) atoms. The fourth-order valence-electron chi connectivity index (χ4n) is 4.23. The van der Waals surface area contributed by atoms with Gasteiger partial charge >= 0.3 is 0 Å². The average molecular weight is 433 g/mol. The van der Waals surface area contributed by atoms with E-state index in [1.807, 2.05) is 44.0 Å². The molecule has 1 aromatic heterocycles. The molecular formula is C22H29ClN4O3. The van der Waals surface area contributed by atoms with Gasteiger partial charge < -0.3 is 29.0 Å². The number of hydrogen-bond donors (Lipinski definition) is 1. The molecule has 4 rings (SSSR count). The molecule has 8 heteroatoms. The minimum Gasteiger partial charge on any atom is -0.454 e. The van der Waals surface area contributed by atoms with Crippen LogP contribution in [0.2, 0.25) is 5.02 Å². The number of ether oxygens (including phenoxy) is 3. The number of aryl methyl sites for hydroxylation is 1. The van der Waals surface area contributed by atoms with Crippen molar-refractivity contribution in [2.45, 2.75) is 24.8 Å². The molecule has 162 valence electrons. The van der Waals surface area contributed by atoms with Crippen LogP contribution in [0.4, 0.5) is 0 Å². The molecule has 2 aromatic rings. The molecule has 0 amide bonds. The quantitative estimate of drug-likeness (QED) is 0.581. The minimum atomic E-state index is -0.0513. The largest absolute Gasteiger partial charge is 0.454 e. The van der Waals surface area contributed by atoms with Crippen molar-refractivity contribution in [1.82, 2.24) is 14.8 Å². The summed E-state index contributed by atoms with van der Waals surface area (Å²) >= 11 is 6.14. The summed E-state index contributed by atoms with van der Waals surface area (Å²) in [5.74, 6) is 2.48. The number of benzene rings is 1. The summed E-state index contributed by atoms with van der Waals surface area (Å²) in [6, 6.07) is 8.26. The SMILES string of the molecule is CN=C(NCC1(c2ccc3c(c2)OCO3)CCOCC1)N(C)Cc1cc(Cl)cn1C. The highest BCUT2D eigenvalue weighted by atomic mass is 35.5. The van der Waals surface area contributed by atoms with Crippen molar-refractivity contribution < 1.29 is 14.2 Å². The van der Waals surface area contributed by atoms with Gasteiger partial charge in [0.05, 0.1) is 11.6 Å². The van der Waals surface area contributed by atoms with E-state index in [9.17, 15) is 0 Å². The zero-order chi connectivity index (χ0) is 21.1. The van der Waals surface area contributed by atoms with Gasteiger partial charge in [0.1, 0.15) is 0 Å². The number of halogens is 1. The van der Waals surface area contributed by atoms with E-state index in [-0.39, 0.29) is 12.2 Å². The summed E-state index contributed by atoms with van der Waals surface area (Å²) in [6.45, 7) is 3.25. The molecule has 1 saturated heterocycles. The van der Waals surface area contributed by atoms with Gasteiger partial charge in [-0.2, -0.15) is 0 Å². The van der Waals surface area contributed by atoms with Crippen molar-refractivity contribution in [3.8, 4) is 11.5 Å². The summed E-state index contributed by atoms with van der Waals surface area (Å²) in [6.07, 6.45) is 3.79. The monoisotopic (exact) mass is 432 g/mol. The second-order valence-corrected chi connectivity index (χ2v) is 8.41. The molecular weight excluding hydrogens is 404 g/mol. The molecule has 7 nitrogen and oxygen atoms in total.